The normalized spacial score (nSPS) is 31.7. The van der Waals surface area contributed by atoms with Crippen LogP contribution in [0.4, 0.5) is 18.9 Å². The van der Waals surface area contributed by atoms with Crippen LogP contribution in [0.15, 0.2) is 42.5 Å². The summed E-state index contributed by atoms with van der Waals surface area (Å²) in [6, 6.07) is 9.59. The summed E-state index contributed by atoms with van der Waals surface area (Å²) in [5.74, 6) is 0.955. The lowest BCUT2D eigenvalue weighted by Crippen LogP contribution is -2.62. The van der Waals surface area contributed by atoms with Gasteiger partial charge in [0.05, 0.1) is 11.2 Å². The Balaban J connectivity index is 1.11. The van der Waals surface area contributed by atoms with Gasteiger partial charge in [0.2, 0.25) is 5.91 Å². The Morgan fingerprint density at radius 2 is 1.77 bits per heavy atom. The summed E-state index contributed by atoms with van der Waals surface area (Å²) in [7, 11) is 1.55. The molecule has 0 aromatic heterocycles. The number of benzene rings is 2. The number of amides is 2. The van der Waals surface area contributed by atoms with Gasteiger partial charge >= 0.3 is 6.18 Å². The van der Waals surface area contributed by atoms with Crippen molar-refractivity contribution in [2.75, 3.05) is 18.5 Å². The van der Waals surface area contributed by atoms with Crippen LogP contribution in [0, 0.1) is 23.7 Å². The molecule has 2 aromatic carbocycles. The van der Waals surface area contributed by atoms with Crippen molar-refractivity contribution in [3.8, 4) is 0 Å². The molecule has 1 saturated heterocycles. The number of nitrogens with zero attached hydrogens (tertiary/aromatic N) is 2. The molecular weight excluding hydrogens is 529 g/mol. The molecule has 39 heavy (non-hydrogen) atoms. The van der Waals surface area contributed by atoms with Crippen LogP contribution < -0.4 is 4.90 Å². The van der Waals surface area contributed by atoms with Crippen molar-refractivity contribution >= 4 is 29.1 Å². The molecule has 2 amide bonds. The fraction of sp³-hybridized carbons (Fsp3) is 0.533. The SMILES string of the molecule is CN(C(=O)c1ccc(C(F)(F)F)cc1)c1ccc(CC2CCN(C3C4CC5CC3CC(O)(C5)C4)C2=O)c(Cl)c1. The van der Waals surface area contributed by atoms with Gasteiger partial charge in [-0.05, 0) is 105 Å². The average molecular weight is 561 g/mol. The Morgan fingerprint density at radius 1 is 1.10 bits per heavy atom. The first-order valence-electron chi connectivity index (χ1n) is 13.7. The fourth-order valence-corrected chi connectivity index (χ4v) is 8.25. The lowest BCUT2D eigenvalue weighted by Gasteiger charge is -2.59. The van der Waals surface area contributed by atoms with Crippen molar-refractivity contribution in [1.82, 2.24) is 4.90 Å². The highest BCUT2D eigenvalue weighted by Crippen LogP contribution is 2.57. The van der Waals surface area contributed by atoms with Gasteiger partial charge in [0.25, 0.3) is 5.91 Å². The number of hydrogen-bond acceptors (Lipinski definition) is 3. The van der Waals surface area contributed by atoms with E-state index in [4.69, 9.17) is 11.6 Å². The summed E-state index contributed by atoms with van der Waals surface area (Å²) in [6.07, 6.45) is 1.59. The second-order valence-corrected chi connectivity index (χ2v) is 12.5. The minimum Gasteiger partial charge on any atom is -0.390 e. The molecular formula is C30H32ClF3N2O3. The largest absolute Gasteiger partial charge is 0.416 e. The summed E-state index contributed by atoms with van der Waals surface area (Å²) in [4.78, 5) is 29.8. The zero-order valence-corrected chi connectivity index (χ0v) is 22.5. The Kier molecular flexibility index (Phi) is 6.50. The molecule has 1 aliphatic heterocycles. The van der Waals surface area contributed by atoms with Gasteiger partial charge in [-0.3, -0.25) is 9.59 Å². The Morgan fingerprint density at radius 3 is 2.36 bits per heavy atom. The second kappa shape index (κ2) is 9.51. The maximum atomic E-state index is 13.5. The Hall–Kier alpha value is -2.58. The van der Waals surface area contributed by atoms with E-state index in [1.54, 1.807) is 19.2 Å². The van der Waals surface area contributed by atoms with Gasteiger partial charge in [0, 0.05) is 41.8 Å². The van der Waals surface area contributed by atoms with Crippen LogP contribution in [0.1, 0.15) is 60.0 Å². The molecule has 208 valence electrons. The third kappa shape index (κ3) is 4.84. The van der Waals surface area contributed by atoms with Crippen LogP contribution in [-0.4, -0.2) is 47.1 Å². The standard InChI is InChI=1S/C30H32ClF3N2O3/c1-35(27(37)18-2-5-23(6-3-18)30(32,33)34)24-7-4-19(25(31)13-24)12-20-8-9-36(28(20)38)26-21-10-17-11-22(26)16-29(39,14-17)15-21/h2-7,13,17,20-22,26,39H,8-12,14-16H2,1H3. The zero-order valence-electron chi connectivity index (χ0n) is 21.8. The molecule has 0 radical (unpaired) electrons. The van der Waals surface area contributed by atoms with Gasteiger partial charge < -0.3 is 14.9 Å². The van der Waals surface area contributed by atoms with Crippen molar-refractivity contribution in [1.29, 1.82) is 0 Å². The maximum Gasteiger partial charge on any atom is 0.416 e. The number of anilines is 1. The topological polar surface area (TPSA) is 60.9 Å². The van der Waals surface area contributed by atoms with Crippen LogP contribution >= 0.6 is 11.6 Å². The summed E-state index contributed by atoms with van der Waals surface area (Å²) >= 11 is 6.60. The molecule has 3 atom stereocenters. The predicted octanol–water partition coefficient (Wildman–Crippen LogP) is 5.97. The van der Waals surface area contributed by atoms with E-state index in [0.717, 1.165) is 62.8 Å². The highest BCUT2D eigenvalue weighted by Gasteiger charge is 2.57. The molecule has 4 bridgehead atoms. The number of hydrogen-bond donors (Lipinski definition) is 1. The van der Waals surface area contributed by atoms with E-state index in [-0.39, 0.29) is 23.4 Å². The number of carbonyl (C=O) groups is 2. The monoisotopic (exact) mass is 560 g/mol. The summed E-state index contributed by atoms with van der Waals surface area (Å²) in [5.41, 5.74) is 0.148. The van der Waals surface area contributed by atoms with Gasteiger partial charge in [-0.2, -0.15) is 13.2 Å². The van der Waals surface area contributed by atoms with E-state index in [9.17, 15) is 27.9 Å². The highest BCUT2D eigenvalue weighted by molar-refractivity contribution is 6.31. The molecule has 2 aromatic rings. The number of halogens is 4. The molecule has 3 unspecified atom stereocenters. The molecule has 5 aliphatic rings. The Bertz CT molecular complexity index is 1280. The number of likely N-dealkylation sites (tertiary alicyclic amines) is 1. The third-order valence-electron chi connectivity index (χ3n) is 9.56. The van der Waals surface area contributed by atoms with Gasteiger partial charge in [0.1, 0.15) is 0 Å². The van der Waals surface area contributed by atoms with Gasteiger partial charge in [0.15, 0.2) is 0 Å². The van der Waals surface area contributed by atoms with Crippen LogP contribution in [0.3, 0.4) is 0 Å². The van der Waals surface area contributed by atoms with E-state index < -0.39 is 23.2 Å². The molecule has 1 N–H and O–H groups in total. The van der Waals surface area contributed by atoms with Crippen molar-refractivity contribution in [2.45, 2.75) is 62.8 Å². The van der Waals surface area contributed by atoms with Gasteiger partial charge in [-0.15, -0.1) is 0 Å². The van der Waals surface area contributed by atoms with Gasteiger partial charge in [-0.25, -0.2) is 0 Å². The minimum atomic E-state index is -4.47. The number of carbonyl (C=O) groups excluding carboxylic acids is 2. The highest BCUT2D eigenvalue weighted by atomic mass is 35.5. The molecule has 5 nitrogen and oxygen atoms in total. The minimum absolute atomic E-state index is 0.138. The average Bonchev–Trinajstić information content (AvgIpc) is 3.22. The van der Waals surface area contributed by atoms with E-state index >= 15 is 0 Å². The van der Waals surface area contributed by atoms with E-state index in [2.05, 4.69) is 4.90 Å². The van der Waals surface area contributed by atoms with E-state index in [1.165, 1.54) is 17.0 Å². The molecule has 9 heteroatoms. The molecule has 1 heterocycles. The van der Waals surface area contributed by atoms with Gasteiger partial charge in [-0.1, -0.05) is 17.7 Å². The summed E-state index contributed by atoms with van der Waals surface area (Å²) in [5, 5.41) is 11.4. The van der Waals surface area contributed by atoms with Crippen LogP contribution in [-0.2, 0) is 17.4 Å². The van der Waals surface area contributed by atoms with Crippen LogP contribution in [0.2, 0.25) is 5.02 Å². The van der Waals surface area contributed by atoms with Crippen molar-refractivity contribution in [3.63, 3.8) is 0 Å². The smallest absolute Gasteiger partial charge is 0.390 e. The maximum absolute atomic E-state index is 13.5. The molecule has 0 spiro atoms. The van der Waals surface area contributed by atoms with Crippen LogP contribution in [0.25, 0.3) is 0 Å². The quantitative estimate of drug-likeness (QED) is 0.490. The number of rotatable bonds is 5. The lowest BCUT2D eigenvalue weighted by atomic mass is 9.52. The summed E-state index contributed by atoms with van der Waals surface area (Å²) in [6.45, 7) is 0.740. The molecule has 4 aliphatic carbocycles. The molecule has 7 rings (SSSR count). The first-order chi connectivity index (χ1) is 18.4. The first kappa shape index (κ1) is 26.6. The third-order valence-corrected chi connectivity index (χ3v) is 9.91. The Labute approximate surface area is 230 Å². The van der Waals surface area contributed by atoms with E-state index in [0.29, 0.717) is 34.9 Å². The van der Waals surface area contributed by atoms with E-state index in [1.807, 2.05) is 6.07 Å². The first-order valence-corrected chi connectivity index (χ1v) is 14.1. The lowest BCUT2D eigenvalue weighted by molar-refractivity contribution is -0.168. The fourth-order valence-electron chi connectivity index (χ4n) is 8.00. The number of aliphatic hydroxyl groups is 1. The molecule has 5 fully saturated rings. The van der Waals surface area contributed by atoms with Crippen LogP contribution in [0.5, 0.6) is 0 Å². The number of alkyl halides is 3. The predicted molar refractivity (Wildman–Crippen MR) is 141 cm³/mol. The molecule has 4 saturated carbocycles. The zero-order chi connectivity index (χ0) is 27.7. The summed E-state index contributed by atoms with van der Waals surface area (Å²) < 4.78 is 38.6. The van der Waals surface area contributed by atoms with Crippen molar-refractivity contribution in [3.05, 3.63) is 64.2 Å². The second-order valence-electron chi connectivity index (χ2n) is 12.1. The van der Waals surface area contributed by atoms with Crippen molar-refractivity contribution < 1.29 is 27.9 Å². The van der Waals surface area contributed by atoms with Crippen molar-refractivity contribution in [2.24, 2.45) is 23.7 Å².